The number of pyridine rings is 1. The molecule has 1 aromatic heterocycles. The fourth-order valence-electron chi connectivity index (χ4n) is 2.58. The molecule has 0 spiro atoms. The maximum atomic E-state index is 6.01. The van der Waals surface area contributed by atoms with E-state index >= 15 is 0 Å². The fourth-order valence-corrected chi connectivity index (χ4v) is 2.58. The highest BCUT2D eigenvalue weighted by Gasteiger charge is 2.18. The molecule has 0 unspecified atom stereocenters. The van der Waals surface area contributed by atoms with Gasteiger partial charge in [0.25, 0.3) is 0 Å². The third-order valence-electron chi connectivity index (χ3n) is 3.59. The topological polar surface area (TPSA) is 54.6 Å². The first kappa shape index (κ1) is 11.6. The lowest BCUT2D eigenvalue weighted by Crippen LogP contribution is -2.37. The minimum atomic E-state index is 0.773. The molecule has 2 aliphatic heterocycles. The van der Waals surface area contributed by atoms with E-state index in [0.29, 0.717) is 0 Å². The van der Waals surface area contributed by atoms with Crippen LogP contribution < -0.4 is 15.5 Å². The molecular formula is C13H20N4O. The molecule has 5 heteroatoms. The number of hydrogen-bond acceptors (Lipinski definition) is 5. The van der Waals surface area contributed by atoms with Gasteiger partial charge in [0.2, 0.25) is 0 Å². The van der Waals surface area contributed by atoms with Gasteiger partial charge in [-0.2, -0.15) is 0 Å². The highest BCUT2D eigenvalue weighted by molar-refractivity contribution is 5.60. The zero-order valence-electron chi connectivity index (χ0n) is 10.6. The molecule has 0 aliphatic carbocycles. The van der Waals surface area contributed by atoms with Crippen LogP contribution in [0.5, 0.6) is 0 Å². The summed E-state index contributed by atoms with van der Waals surface area (Å²) in [5.74, 6) is 2.01. The van der Waals surface area contributed by atoms with E-state index in [-0.39, 0.29) is 0 Å². The quantitative estimate of drug-likeness (QED) is 0.849. The molecule has 0 bridgehead atoms. The average Bonchev–Trinajstić information content (AvgIpc) is 2.93. The zero-order valence-corrected chi connectivity index (χ0v) is 10.6. The third kappa shape index (κ3) is 2.36. The van der Waals surface area contributed by atoms with Crippen LogP contribution in [0.2, 0.25) is 0 Å². The second-order valence-corrected chi connectivity index (χ2v) is 4.91. The van der Waals surface area contributed by atoms with Crippen molar-refractivity contribution in [3.8, 4) is 0 Å². The predicted octanol–water partition coefficient (Wildman–Crippen LogP) is 1.10. The number of aromatic nitrogens is 1. The molecule has 0 atom stereocenters. The molecule has 2 N–H and O–H groups in total. The summed E-state index contributed by atoms with van der Waals surface area (Å²) in [4.78, 5) is 9.32. The maximum absolute atomic E-state index is 6.01. The largest absolute Gasteiger partial charge is 0.399 e. The van der Waals surface area contributed by atoms with Crippen LogP contribution in [0.1, 0.15) is 12.8 Å². The summed E-state index contributed by atoms with van der Waals surface area (Å²) in [5.41, 5.74) is 6.81. The van der Waals surface area contributed by atoms with E-state index in [9.17, 15) is 0 Å². The Hall–Kier alpha value is -1.49. The van der Waals surface area contributed by atoms with Gasteiger partial charge >= 0.3 is 0 Å². The van der Waals surface area contributed by atoms with Crippen LogP contribution >= 0.6 is 0 Å². The van der Waals surface area contributed by atoms with E-state index in [1.807, 2.05) is 12.1 Å². The summed E-state index contributed by atoms with van der Waals surface area (Å²) in [5, 5.41) is 0. The van der Waals surface area contributed by atoms with Crippen molar-refractivity contribution in [1.82, 2.24) is 4.98 Å². The van der Waals surface area contributed by atoms with Crippen molar-refractivity contribution in [1.29, 1.82) is 0 Å². The molecule has 3 heterocycles. The van der Waals surface area contributed by atoms with Gasteiger partial charge in [-0.25, -0.2) is 4.98 Å². The van der Waals surface area contributed by atoms with E-state index in [0.717, 1.165) is 56.7 Å². The second kappa shape index (κ2) is 5.02. The van der Waals surface area contributed by atoms with Gasteiger partial charge in [-0.05, 0) is 12.8 Å². The van der Waals surface area contributed by atoms with Crippen molar-refractivity contribution in [2.24, 2.45) is 0 Å². The van der Waals surface area contributed by atoms with Gasteiger partial charge in [-0.15, -0.1) is 0 Å². The standard InChI is InChI=1S/C13H20N4O/c14-11-9-12(16-3-1-2-4-16)15-13(10-11)17-5-7-18-8-6-17/h9-10H,1-8H2,(H2,14,15). The number of anilines is 3. The minimum absolute atomic E-state index is 0.773. The Morgan fingerprint density at radius 2 is 1.50 bits per heavy atom. The Kier molecular flexibility index (Phi) is 3.23. The lowest BCUT2D eigenvalue weighted by molar-refractivity contribution is 0.122. The molecule has 2 saturated heterocycles. The van der Waals surface area contributed by atoms with Crippen molar-refractivity contribution in [2.75, 3.05) is 54.9 Å². The summed E-state index contributed by atoms with van der Waals surface area (Å²) in [7, 11) is 0. The number of ether oxygens (including phenoxy) is 1. The number of morpholine rings is 1. The highest BCUT2D eigenvalue weighted by atomic mass is 16.5. The van der Waals surface area contributed by atoms with Crippen molar-refractivity contribution in [3.63, 3.8) is 0 Å². The minimum Gasteiger partial charge on any atom is -0.399 e. The molecule has 0 amide bonds. The Labute approximate surface area is 108 Å². The SMILES string of the molecule is Nc1cc(N2CCCC2)nc(N2CCOCC2)c1. The number of rotatable bonds is 2. The van der Waals surface area contributed by atoms with Crippen LogP contribution in [-0.4, -0.2) is 44.4 Å². The first-order valence-corrected chi connectivity index (χ1v) is 6.68. The summed E-state index contributed by atoms with van der Waals surface area (Å²) in [6.07, 6.45) is 2.51. The molecular weight excluding hydrogens is 228 g/mol. The zero-order chi connectivity index (χ0) is 12.4. The molecule has 0 radical (unpaired) electrons. The molecule has 3 rings (SSSR count). The predicted molar refractivity (Wildman–Crippen MR) is 73.1 cm³/mol. The van der Waals surface area contributed by atoms with E-state index < -0.39 is 0 Å². The first-order valence-electron chi connectivity index (χ1n) is 6.68. The number of hydrogen-bond donors (Lipinski definition) is 1. The second-order valence-electron chi connectivity index (χ2n) is 4.91. The molecule has 1 aromatic rings. The Bertz CT molecular complexity index is 411. The summed E-state index contributed by atoms with van der Waals surface area (Å²) >= 11 is 0. The van der Waals surface area contributed by atoms with Crippen molar-refractivity contribution >= 4 is 17.3 Å². The lowest BCUT2D eigenvalue weighted by Gasteiger charge is -2.29. The fraction of sp³-hybridized carbons (Fsp3) is 0.615. The van der Waals surface area contributed by atoms with Crippen LogP contribution in [0.25, 0.3) is 0 Å². The summed E-state index contributed by atoms with van der Waals surface area (Å²) in [6.45, 7) is 5.54. The van der Waals surface area contributed by atoms with Crippen LogP contribution in [0.3, 0.4) is 0 Å². The van der Waals surface area contributed by atoms with Crippen LogP contribution in [0.15, 0.2) is 12.1 Å². The van der Waals surface area contributed by atoms with Crippen molar-refractivity contribution in [2.45, 2.75) is 12.8 Å². The van der Waals surface area contributed by atoms with Crippen LogP contribution in [-0.2, 0) is 4.74 Å². The van der Waals surface area contributed by atoms with Gasteiger partial charge in [0, 0.05) is 44.0 Å². The van der Waals surface area contributed by atoms with E-state index in [2.05, 4.69) is 9.80 Å². The van der Waals surface area contributed by atoms with Gasteiger partial charge in [-0.1, -0.05) is 0 Å². The molecule has 2 fully saturated rings. The van der Waals surface area contributed by atoms with E-state index in [4.69, 9.17) is 15.5 Å². The summed E-state index contributed by atoms with van der Waals surface area (Å²) in [6, 6.07) is 3.94. The first-order chi connectivity index (χ1) is 8.83. The number of nitrogen functional groups attached to an aromatic ring is 1. The highest BCUT2D eigenvalue weighted by Crippen LogP contribution is 2.25. The van der Waals surface area contributed by atoms with Gasteiger partial charge < -0.3 is 20.3 Å². The van der Waals surface area contributed by atoms with Gasteiger partial charge in [0.05, 0.1) is 13.2 Å². The maximum Gasteiger partial charge on any atom is 0.133 e. The van der Waals surface area contributed by atoms with Crippen LogP contribution in [0, 0.1) is 0 Å². The Balaban J connectivity index is 1.84. The number of nitrogens with zero attached hydrogens (tertiary/aromatic N) is 3. The van der Waals surface area contributed by atoms with Crippen LogP contribution in [0.4, 0.5) is 17.3 Å². The van der Waals surface area contributed by atoms with Crippen molar-refractivity contribution < 1.29 is 4.74 Å². The number of nitrogens with two attached hydrogens (primary N) is 1. The van der Waals surface area contributed by atoms with Crippen molar-refractivity contribution in [3.05, 3.63) is 12.1 Å². The monoisotopic (exact) mass is 248 g/mol. The average molecular weight is 248 g/mol. The summed E-state index contributed by atoms with van der Waals surface area (Å²) < 4.78 is 5.37. The molecule has 2 aliphatic rings. The lowest BCUT2D eigenvalue weighted by atomic mass is 10.3. The van der Waals surface area contributed by atoms with Gasteiger partial charge in [0.15, 0.2) is 0 Å². The van der Waals surface area contributed by atoms with Gasteiger partial charge in [0.1, 0.15) is 11.6 Å². The van der Waals surface area contributed by atoms with Gasteiger partial charge in [-0.3, -0.25) is 0 Å². The smallest absolute Gasteiger partial charge is 0.133 e. The third-order valence-corrected chi connectivity index (χ3v) is 3.59. The molecule has 98 valence electrons. The Morgan fingerprint density at radius 1 is 0.944 bits per heavy atom. The molecule has 5 nitrogen and oxygen atoms in total. The Morgan fingerprint density at radius 3 is 2.11 bits per heavy atom. The molecule has 18 heavy (non-hydrogen) atoms. The molecule has 0 aromatic carbocycles. The van der Waals surface area contributed by atoms with E-state index in [1.54, 1.807) is 0 Å². The normalized spacial score (nSPS) is 20.4. The molecule has 0 saturated carbocycles. The van der Waals surface area contributed by atoms with E-state index in [1.165, 1.54) is 12.8 Å².